The number of aryl methyl sites for hydroxylation is 2. The van der Waals surface area contributed by atoms with Crippen LogP contribution in [0.2, 0.25) is 0 Å². The van der Waals surface area contributed by atoms with E-state index in [4.69, 9.17) is 0 Å². The highest BCUT2D eigenvalue weighted by Crippen LogP contribution is 2.23. The van der Waals surface area contributed by atoms with Crippen LogP contribution in [-0.4, -0.2) is 9.36 Å². The van der Waals surface area contributed by atoms with Gasteiger partial charge in [0.2, 0.25) is 0 Å². The molecule has 0 aliphatic carbocycles. The lowest BCUT2D eigenvalue weighted by Crippen LogP contribution is -1.76. The molecule has 0 saturated heterocycles. The molecule has 0 unspecified atom stereocenters. The van der Waals surface area contributed by atoms with E-state index in [9.17, 15) is 0 Å². The fourth-order valence-electron chi connectivity index (χ4n) is 1.10. The highest BCUT2D eigenvalue weighted by molar-refractivity contribution is 7.13. The van der Waals surface area contributed by atoms with Crippen molar-refractivity contribution in [3.8, 4) is 0 Å². The third-order valence-electron chi connectivity index (χ3n) is 1.74. The van der Waals surface area contributed by atoms with Crippen LogP contribution in [0.1, 0.15) is 11.3 Å². The molecule has 0 saturated carbocycles. The largest absolute Gasteiger partial charge is 0.264 e. The van der Waals surface area contributed by atoms with Gasteiger partial charge in [0.05, 0.1) is 10.4 Å². The van der Waals surface area contributed by atoms with Crippen molar-refractivity contribution in [2.45, 2.75) is 13.8 Å². The molecule has 0 aliphatic heterocycles. The minimum Gasteiger partial charge on any atom is -0.264 e. The average molecular weight is 164 g/mol. The Hall–Kier alpha value is -0.960. The zero-order valence-electron chi connectivity index (χ0n) is 6.46. The zero-order valence-corrected chi connectivity index (χ0v) is 7.27. The Morgan fingerprint density at radius 1 is 1.27 bits per heavy atom. The normalized spacial score (nSPS) is 10.7. The summed E-state index contributed by atoms with van der Waals surface area (Å²) < 4.78 is 5.52. The fourth-order valence-corrected chi connectivity index (χ4v) is 1.92. The Kier molecular flexibility index (Phi) is 1.39. The van der Waals surface area contributed by atoms with Gasteiger partial charge >= 0.3 is 0 Å². The first-order valence-corrected chi connectivity index (χ1v) is 4.23. The van der Waals surface area contributed by atoms with Gasteiger partial charge < -0.3 is 0 Å². The quantitative estimate of drug-likeness (QED) is 0.597. The third kappa shape index (κ3) is 0.922. The second kappa shape index (κ2) is 2.27. The van der Waals surface area contributed by atoms with Crippen molar-refractivity contribution in [3.63, 3.8) is 0 Å². The second-order valence-electron chi connectivity index (χ2n) is 2.60. The van der Waals surface area contributed by atoms with Gasteiger partial charge in [0.25, 0.3) is 0 Å². The Labute approximate surface area is 69.1 Å². The van der Waals surface area contributed by atoms with Gasteiger partial charge in [-0.05, 0) is 30.9 Å². The molecule has 0 N–H and O–H groups in total. The molecule has 0 radical (unpaired) electrons. The molecular formula is C8H8N2S. The third-order valence-corrected chi connectivity index (χ3v) is 2.83. The Balaban J connectivity index is 2.94. The van der Waals surface area contributed by atoms with E-state index >= 15 is 0 Å². The number of pyridine rings is 1. The van der Waals surface area contributed by atoms with Crippen LogP contribution < -0.4 is 0 Å². The summed E-state index contributed by atoms with van der Waals surface area (Å²) in [6, 6.07) is 0. The monoisotopic (exact) mass is 164 g/mol. The maximum Gasteiger partial charge on any atom is 0.0612 e. The molecule has 2 rings (SSSR count). The van der Waals surface area contributed by atoms with Crippen LogP contribution >= 0.6 is 11.5 Å². The molecule has 0 spiro atoms. The fraction of sp³-hybridized carbons (Fsp3) is 0.250. The Morgan fingerprint density at radius 2 is 2.09 bits per heavy atom. The molecule has 2 aromatic heterocycles. The van der Waals surface area contributed by atoms with Crippen molar-refractivity contribution < 1.29 is 0 Å². The van der Waals surface area contributed by atoms with Gasteiger partial charge in [0.1, 0.15) is 0 Å². The summed E-state index contributed by atoms with van der Waals surface area (Å²) in [6.07, 6.45) is 3.75. The SMILES string of the molecule is Cc1nsc2c(C)cncc12. The first-order chi connectivity index (χ1) is 5.29. The van der Waals surface area contributed by atoms with E-state index < -0.39 is 0 Å². The summed E-state index contributed by atoms with van der Waals surface area (Å²) in [5, 5.41) is 1.19. The molecule has 56 valence electrons. The number of nitrogens with zero attached hydrogens (tertiary/aromatic N) is 2. The van der Waals surface area contributed by atoms with Crippen LogP contribution in [0, 0.1) is 13.8 Å². The molecule has 0 aromatic carbocycles. The topological polar surface area (TPSA) is 25.8 Å². The van der Waals surface area contributed by atoms with Gasteiger partial charge in [-0.15, -0.1) is 0 Å². The van der Waals surface area contributed by atoms with Gasteiger partial charge in [-0.3, -0.25) is 4.98 Å². The summed E-state index contributed by atoms with van der Waals surface area (Å²) in [5.74, 6) is 0. The summed E-state index contributed by atoms with van der Waals surface area (Å²) in [6.45, 7) is 4.08. The number of rotatable bonds is 0. The van der Waals surface area contributed by atoms with Gasteiger partial charge in [-0.2, -0.15) is 4.37 Å². The average Bonchev–Trinajstić information content (AvgIpc) is 2.35. The van der Waals surface area contributed by atoms with Crippen LogP contribution in [0.5, 0.6) is 0 Å². The lowest BCUT2D eigenvalue weighted by Gasteiger charge is -1.91. The molecule has 11 heavy (non-hydrogen) atoms. The summed E-state index contributed by atoms with van der Waals surface area (Å²) in [5.41, 5.74) is 2.30. The minimum atomic E-state index is 1.08. The lowest BCUT2D eigenvalue weighted by molar-refractivity contribution is 1.30. The molecule has 0 atom stereocenters. The first-order valence-electron chi connectivity index (χ1n) is 3.45. The van der Waals surface area contributed by atoms with Crippen molar-refractivity contribution in [2.24, 2.45) is 0 Å². The zero-order chi connectivity index (χ0) is 7.84. The van der Waals surface area contributed by atoms with Crippen molar-refractivity contribution in [1.82, 2.24) is 9.36 Å². The summed E-state index contributed by atoms with van der Waals surface area (Å²) in [7, 11) is 0. The van der Waals surface area contributed by atoms with E-state index in [1.54, 1.807) is 11.5 Å². The maximum atomic E-state index is 4.26. The van der Waals surface area contributed by atoms with Gasteiger partial charge in [0.15, 0.2) is 0 Å². The maximum absolute atomic E-state index is 4.26. The van der Waals surface area contributed by atoms with Gasteiger partial charge in [-0.1, -0.05) is 0 Å². The molecule has 0 aliphatic rings. The summed E-state index contributed by atoms with van der Waals surface area (Å²) >= 11 is 1.55. The smallest absolute Gasteiger partial charge is 0.0612 e. The standard InChI is InChI=1S/C8H8N2S/c1-5-3-9-4-7-6(2)10-11-8(5)7/h3-4H,1-2H3. The van der Waals surface area contributed by atoms with E-state index in [1.165, 1.54) is 15.6 Å². The summed E-state index contributed by atoms with van der Waals surface area (Å²) in [4.78, 5) is 4.11. The molecule has 0 fully saturated rings. The van der Waals surface area contributed by atoms with Crippen molar-refractivity contribution >= 4 is 21.6 Å². The molecule has 2 heterocycles. The number of aromatic nitrogens is 2. The first kappa shape index (κ1) is 6.73. The van der Waals surface area contributed by atoms with Crippen LogP contribution in [-0.2, 0) is 0 Å². The predicted octanol–water partition coefficient (Wildman–Crippen LogP) is 2.31. The number of fused-ring (bicyclic) bond motifs is 1. The minimum absolute atomic E-state index is 1.08. The van der Waals surface area contributed by atoms with Crippen LogP contribution in [0.25, 0.3) is 10.1 Å². The van der Waals surface area contributed by atoms with Crippen molar-refractivity contribution in [2.75, 3.05) is 0 Å². The van der Waals surface area contributed by atoms with E-state index in [1.807, 2.05) is 19.3 Å². The Morgan fingerprint density at radius 3 is 2.82 bits per heavy atom. The van der Waals surface area contributed by atoms with Crippen molar-refractivity contribution in [1.29, 1.82) is 0 Å². The van der Waals surface area contributed by atoms with Crippen LogP contribution in [0.4, 0.5) is 0 Å². The molecule has 2 nitrogen and oxygen atoms in total. The highest BCUT2D eigenvalue weighted by Gasteiger charge is 2.02. The van der Waals surface area contributed by atoms with Crippen molar-refractivity contribution in [3.05, 3.63) is 23.7 Å². The molecular weight excluding hydrogens is 156 g/mol. The van der Waals surface area contributed by atoms with Crippen LogP contribution in [0.15, 0.2) is 12.4 Å². The van der Waals surface area contributed by atoms with Gasteiger partial charge in [0, 0.05) is 17.8 Å². The number of hydrogen-bond donors (Lipinski definition) is 0. The molecule has 0 amide bonds. The van der Waals surface area contributed by atoms with Gasteiger partial charge in [-0.25, -0.2) is 0 Å². The Bertz CT molecular complexity index is 392. The van der Waals surface area contributed by atoms with E-state index in [2.05, 4.69) is 16.3 Å². The lowest BCUT2D eigenvalue weighted by atomic mass is 10.2. The second-order valence-corrected chi connectivity index (χ2v) is 3.37. The highest BCUT2D eigenvalue weighted by atomic mass is 32.1. The molecule has 2 aromatic rings. The van der Waals surface area contributed by atoms with E-state index in [0.29, 0.717) is 0 Å². The van der Waals surface area contributed by atoms with E-state index in [0.717, 1.165) is 5.69 Å². The number of hydrogen-bond acceptors (Lipinski definition) is 3. The van der Waals surface area contributed by atoms with Crippen LogP contribution in [0.3, 0.4) is 0 Å². The molecule has 0 bridgehead atoms. The molecule has 3 heteroatoms. The predicted molar refractivity (Wildman–Crippen MR) is 46.9 cm³/mol. The van der Waals surface area contributed by atoms with E-state index in [-0.39, 0.29) is 0 Å².